The van der Waals surface area contributed by atoms with Crippen molar-refractivity contribution < 1.29 is 0 Å². The molecule has 42 heavy (non-hydrogen) atoms. The van der Waals surface area contributed by atoms with Crippen LogP contribution in [-0.4, -0.2) is 4.57 Å². The molecule has 1 nitrogen and oxygen atoms in total. The Kier molecular flexibility index (Phi) is 5.13. The Morgan fingerprint density at radius 1 is 0.357 bits per heavy atom. The van der Waals surface area contributed by atoms with Crippen LogP contribution in [0.5, 0.6) is 0 Å². The molecule has 0 aliphatic carbocycles. The van der Waals surface area contributed by atoms with E-state index in [2.05, 4.69) is 156 Å². The molecule has 0 aliphatic heterocycles. The fourth-order valence-electron chi connectivity index (χ4n) is 6.59. The van der Waals surface area contributed by atoms with Crippen molar-refractivity contribution >= 4 is 64.1 Å². The van der Waals surface area contributed by atoms with Crippen LogP contribution in [0.25, 0.3) is 80.7 Å². The number of hydrogen-bond acceptors (Lipinski definition) is 1. The van der Waals surface area contributed by atoms with Gasteiger partial charge in [-0.15, -0.1) is 11.3 Å². The first-order valence-electron chi connectivity index (χ1n) is 14.4. The van der Waals surface area contributed by atoms with E-state index in [-0.39, 0.29) is 0 Å². The molecule has 0 unspecified atom stereocenters. The number of fused-ring (bicyclic) bond motifs is 7. The van der Waals surface area contributed by atoms with Gasteiger partial charge < -0.3 is 4.57 Å². The van der Waals surface area contributed by atoms with Crippen molar-refractivity contribution in [3.8, 4) is 27.9 Å². The van der Waals surface area contributed by atoms with Crippen LogP contribution in [0.4, 0.5) is 0 Å². The van der Waals surface area contributed by atoms with Gasteiger partial charge in [-0.25, -0.2) is 0 Å². The molecule has 0 saturated carbocycles. The summed E-state index contributed by atoms with van der Waals surface area (Å²) < 4.78 is 5.14. The molecule has 0 bridgehead atoms. The van der Waals surface area contributed by atoms with Gasteiger partial charge in [-0.3, -0.25) is 0 Å². The second kappa shape index (κ2) is 9.17. The maximum atomic E-state index is 2.48. The fourth-order valence-corrected chi connectivity index (χ4v) is 7.72. The van der Waals surface area contributed by atoms with Crippen LogP contribution in [0.3, 0.4) is 0 Å². The van der Waals surface area contributed by atoms with Gasteiger partial charge in [-0.05, 0) is 70.1 Å². The van der Waals surface area contributed by atoms with Crippen molar-refractivity contribution in [1.82, 2.24) is 4.57 Å². The molecule has 2 heteroatoms. The zero-order valence-corrected chi connectivity index (χ0v) is 23.6. The highest BCUT2D eigenvalue weighted by Crippen LogP contribution is 2.42. The number of hydrogen-bond donors (Lipinski definition) is 0. The standard InChI is InChI=1S/C40H25NS/c1-2-10-26(11-3-1)28-14-8-15-29(22-28)30-20-21-37-33(23-30)34-25-40-35(32-17-6-7-19-39(32)42-40)24-38(34)41(37)36-18-9-13-27-12-4-5-16-31(27)36/h1-25H. The number of nitrogens with zero attached hydrogens (tertiary/aromatic N) is 1. The molecule has 0 aliphatic rings. The summed E-state index contributed by atoms with van der Waals surface area (Å²) in [4.78, 5) is 0. The summed E-state index contributed by atoms with van der Waals surface area (Å²) in [6.45, 7) is 0. The van der Waals surface area contributed by atoms with Gasteiger partial charge in [-0.2, -0.15) is 0 Å². The average Bonchev–Trinajstić information content (AvgIpc) is 3.58. The maximum absolute atomic E-state index is 2.48. The minimum Gasteiger partial charge on any atom is -0.309 e. The summed E-state index contributed by atoms with van der Waals surface area (Å²) in [6.07, 6.45) is 0. The summed E-state index contributed by atoms with van der Waals surface area (Å²) in [5.41, 5.74) is 8.61. The van der Waals surface area contributed by atoms with Gasteiger partial charge in [0.15, 0.2) is 0 Å². The second-order valence-electron chi connectivity index (χ2n) is 11.0. The van der Waals surface area contributed by atoms with E-state index in [9.17, 15) is 0 Å². The Labute approximate surface area is 247 Å². The normalized spacial score (nSPS) is 11.8. The van der Waals surface area contributed by atoms with E-state index < -0.39 is 0 Å². The van der Waals surface area contributed by atoms with Crippen LogP contribution in [0, 0.1) is 0 Å². The highest BCUT2D eigenvalue weighted by Gasteiger charge is 2.18. The number of rotatable bonds is 3. The van der Waals surface area contributed by atoms with Gasteiger partial charge in [0.25, 0.3) is 0 Å². The highest BCUT2D eigenvalue weighted by molar-refractivity contribution is 7.25. The molecule has 0 spiro atoms. The molecule has 0 N–H and O–H groups in total. The lowest BCUT2D eigenvalue weighted by Gasteiger charge is -2.12. The van der Waals surface area contributed by atoms with E-state index in [0.717, 1.165) is 0 Å². The molecule has 0 saturated heterocycles. The number of aromatic nitrogens is 1. The van der Waals surface area contributed by atoms with Crippen molar-refractivity contribution in [2.24, 2.45) is 0 Å². The summed E-state index contributed by atoms with van der Waals surface area (Å²) in [5, 5.41) is 7.73. The van der Waals surface area contributed by atoms with Gasteiger partial charge in [0.1, 0.15) is 0 Å². The Hall–Kier alpha value is -5.18. The zero-order chi connectivity index (χ0) is 27.6. The molecule has 0 amide bonds. The predicted molar refractivity (Wildman–Crippen MR) is 182 cm³/mol. The molecule has 0 atom stereocenters. The van der Waals surface area contributed by atoms with E-state index in [1.165, 1.54) is 80.7 Å². The first-order chi connectivity index (χ1) is 20.8. The molecule has 9 aromatic rings. The van der Waals surface area contributed by atoms with Gasteiger partial charge in [0.05, 0.1) is 16.7 Å². The molecule has 9 rings (SSSR count). The van der Waals surface area contributed by atoms with Gasteiger partial charge in [0.2, 0.25) is 0 Å². The molecule has 2 heterocycles. The Balaban J connectivity index is 1.36. The van der Waals surface area contributed by atoms with Crippen molar-refractivity contribution in [2.45, 2.75) is 0 Å². The minimum absolute atomic E-state index is 1.21. The second-order valence-corrected chi connectivity index (χ2v) is 12.1. The van der Waals surface area contributed by atoms with Gasteiger partial charge in [-0.1, -0.05) is 109 Å². The van der Waals surface area contributed by atoms with Crippen molar-refractivity contribution in [3.05, 3.63) is 152 Å². The summed E-state index contributed by atoms with van der Waals surface area (Å²) in [6, 6.07) is 55.5. The highest BCUT2D eigenvalue weighted by atomic mass is 32.1. The zero-order valence-electron chi connectivity index (χ0n) is 22.8. The molecule has 0 fully saturated rings. The van der Waals surface area contributed by atoms with Crippen molar-refractivity contribution in [3.63, 3.8) is 0 Å². The van der Waals surface area contributed by atoms with Gasteiger partial charge >= 0.3 is 0 Å². The lowest BCUT2D eigenvalue weighted by Crippen LogP contribution is -1.95. The molecule has 2 aromatic heterocycles. The van der Waals surface area contributed by atoms with Crippen LogP contribution < -0.4 is 0 Å². The topological polar surface area (TPSA) is 4.93 Å². The SMILES string of the molecule is c1ccc(-c2cccc(-c3ccc4c(c3)c3cc5sc6ccccc6c5cc3n4-c3cccc4ccccc34)c2)cc1. The lowest BCUT2D eigenvalue weighted by atomic mass is 9.98. The van der Waals surface area contributed by atoms with E-state index in [1.807, 2.05) is 11.3 Å². The summed E-state index contributed by atoms with van der Waals surface area (Å²) >= 11 is 1.88. The molecule has 0 radical (unpaired) electrons. The predicted octanol–water partition coefficient (Wildman–Crippen LogP) is 11.6. The van der Waals surface area contributed by atoms with Crippen LogP contribution in [0.2, 0.25) is 0 Å². The van der Waals surface area contributed by atoms with Crippen LogP contribution in [0.1, 0.15) is 0 Å². The molecular formula is C40H25NS. The number of thiophene rings is 1. The van der Waals surface area contributed by atoms with Gasteiger partial charge in [0, 0.05) is 36.3 Å². The molecular weight excluding hydrogens is 527 g/mol. The van der Waals surface area contributed by atoms with Crippen LogP contribution >= 0.6 is 11.3 Å². The number of benzene rings is 7. The van der Waals surface area contributed by atoms with E-state index in [1.54, 1.807) is 0 Å². The van der Waals surface area contributed by atoms with E-state index in [0.29, 0.717) is 0 Å². The smallest absolute Gasteiger partial charge is 0.0548 e. The quantitative estimate of drug-likeness (QED) is 0.206. The first-order valence-corrected chi connectivity index (χ1v) is 15.2. The van der Waals surface area contributed by atoms with Crippen molar-refractivity contribution in [1.29, 1.82) is 0 Å². The minimum atomic E-state index is 1.21. The third kappa shape index (κ3) is 3.56. The van der Waals surface area contributed by atoms with E-state index in [4.69, 9.17) is 0 Å². The lowest BCUT2D eigenvalue weighted by molar-refractivity contribution is 1.20. The summed E-state index contributed by atoms with van der Waals surface area (Å²) in [7, 11) is 0. The van der Waals surface area contributed by atoms with Crippen LogP contribution in [-0.2, 0) is 0 Å². The summed E-state index contributed by atoms with van der Waals surface area (Å²) in [5.74, 6) is 0. The maximum Gasteiger partial charge on any atom is 0.0548 e. The Morgan fingerprint density at radius 3 is 1.93 bits per heavy atom. The Bertz CT molecular complexity index is 2460. The third-order valence-corrected chi connectivity index (χ3v) is 9.71. The van der Waals surface area contributed by atoms with Crippen LogP contribution in [0.15, 0.2) is 152 Å². The monoisotopic (exact) mass is 551 g/mol. The molecule has 196 valence electrons. The first kappa shape index (κ1) is 23.5. The fraction of sp³-hybridized carbons (Fsp3) is 0. The largest absolute Gasteiger partial charge is 0.309 e. The van der Waals surface area contributed by atoms with Crippen molar-refractivity contribution in [2.75, 3.05) is 0 Å². The third-order valence-electron chi connectivity index (χ3n) is 8.57. The average molecular weight is 552 g/mol. The Morgan fingerprint density at radius 2 is 1.02 bits per heavy atom. The van der Waals surface area contributed by atoms with E-state index >= 15 is 0 Å². The molecule has 7 aromatic carbocycles.